The Balaban J connectivity index is 2.98. The lowest BCUT2D eigenvalue weighted by Crippen LogP contribution is -2.39. The first-order chi connectivity index (χ1) is 8.99. The van der Waals surface area contributed by atoms with Crippen molar-refractivity contribution in [1.82, 2.24) is 5.32 Å². The first-order valence-corrected chi connectivity index (χ1v) is 6.79. The normalized spacial score (nSPS) is 11.9. The molecule has 6 nitrogen and oxygen atoms in total. The SMILES string of the molecule is COCC(CBr)NC(=O)c1cc(Cl)ccc1[N+](=O)[O-]. The van der Waals surface area contributed by atoms with Crippen LogP contribution in [-0.2, 0) is 4.74 Å². The summed E-state index contributed by atoms with van der Waals surface area (Å²) >= 11 is 8.99. The number of hydrogen-bond donors (Lipinski definition) is 1. The minimum atomic E-state index is -0.620. The highest BCUT2D eigenvalue weighted by Crippen LogP contribution is 2.22. The Labute approximate surface area is 123 Å². The van der Waals surface area contributed by atoms with E-state index in [0.29, 0.717) is 11.9 Å². The van der Waals surface area contributed by atoms with Crippen molar-refractivity contribution in [2.24, 2.45) is 0 Å². The summed E-state index contributed by atoms with van der Waals surface area (Å²) in [5, 5.41) is 14.2. The standard InChI is InChI=1S/C11H12BrClN2O4/c1-19-6-8(5-12)14-11(16)9-4-7(13)2-3-10(9)15(17)18/h2-4,8H,5-6H2,1H3,(H,14,16). The topological polar surface area (TPSA) is 81.5 Å². The molecule has 1 aromatic rings. The summed E-state index contributed by atoms with van der Waals surface area (Å²) in [4.78, 5) is 22.3. The molecule has 0 heterocycles. The van der Waals surface area contributed by atoms with Crippen LogP contribution in [0.4, 0.5) is 5.69 Å². The van der Waals surface area contributed by atoms with Gasteiger partial charge in [0.25, 0.3) is 11.6 Å². The highest BCUT2D eigenvalue weighted by atomic mass is 79.9. The van der Waals surface area contributed by atoms with Gasteiger partial charge in [0.1, 0.15) is 5.56 Å². The zero-order chi connectivity index (χ0) is 14.4. The van der Waals surface area contributed by atoms with Crippen LogP contribution in [0.2, 0.25) is 5.02 Å². The van der Waals surface area contributed by atoms with Gasteiger partial charge in [0.05, 0.1) is 17.6 Å². The second-order valence-electron chi connectivity index (χ2n) is 3.70. The number of carbonyl (C=O) groups is 1. The molecule has 0 aliphatic heterocycles. The van der Waals surface area contributed by atoms with Crippen molar-refractivity contribution in [2.45, 2.75) is 6.04 Å². The number of nitro benzene ring substituents is 1. The highest BCUT2D eigenvalue weighted by molar-refractivity contribution is 9.09. The van der Waals surface area contributed by atoms with Crippen molar-refractivity contribution in [3.05, 3.63) is 38.9 Å². The van der Waals surface area contributed by atoms with Crippen LogP contribution in [0, 0.1) is 10.1 Å². The molecule has 1 atom stereocenters. The third kappa shape index (κ3) is 4.45. The molecule has 0 aromatic heterocycles. The van der Waals surface area contributed by atoms with E-state index in [0.717, 1.165) is 0 Å². The predicted octanol–water partition coefficient (Wildman–Crippen LogP) is 2.39. The van der Waals surface area contributed by atoms with Crippen LogP contribution in [0.3, 0.4) is 0 Å². The summed E-state index contributed by atoms with van der Waals surface area (Å²) in [6.07, 6.45) is 0. The van der Waals surface area contributed by atoms with E-state index in [4.69, 9.17) is 16.3 Å². The molecule has 0 radical (unpaired) electrons. The number of methoxy groups -OCH3 is 1. The Morgan fingerprint density at radius 3 is 2.84 bits per heavy atom. The Kier molecular flexibility index (Phi) is 6.20. The maximum absolute atomic E-state index is 12.0. The molecule has 1 N–H and O–H groups in total. The Morgan fingerprint density at radius 1 is 1.63 bits per heavy atom. The Morgan fingerprint density at radius 2 is 2.32 bits per heavy atom. The molecule has 0 aliphatic rings. The zero-order valence-corrected chi connectivity index (χ0v) is 12.4. The molecule has 1 unspecified atom stereocenters. The van der Waals surface area contributed by atoms with Gasteiger partial charge in [-0.25, -0.2) is 0 Å². The highest BCUT2D eigenvalue weighted by Gasteiger charge is 2.22. The minimum Gasteiger partial charge on any atom is -0.383 e. The summed E-state index contributed by atoms with van der Waals surface area (Å²) in [7, 11) is 1.50. The van der Waals surface area contributed by atoms with E-state index in [9.17, 15) is 14.9 Å². The number of nitro groups is 1. The monoisotopic (exact) mass is 350 g/mol. The van der Waals surface area contributed by atoms with Gasteiger partial charge in [-0.3, -0.25) is 14.9 Å². The molecular formula is C11H12BrClN2O4. The van der Waals surface area contributed by atoms with E-state index >= 15 is 0 Å². The van der Waals surface area contributed by atoms with Gasteiger partial charge in [0.15, 0.2) is 0 Å². The van der Waals surface area contributed by atoms with E-state index in [1.807, 2.05) is 0 Å². The summed E-state index contributed by atoms with van der Waals surface area (Å²) in [6, 6.07) is 3.56. The second kappa shape index (κ2) is 7.42. The molecule has 0 saturated heterocycles. The summed E-state index contributed by atoms with van der Waals surface area (Å²) in [6.45, 7) is 0.297. The molecule has 19 heavy (non-hydrogen) atoms. The quantitative estimate of drug-likeness (QED) is 0.485. The van der Waals surface area contributed by atoms with Crippen LogP contribution in [0.5, 0.6) is 0 Å². The lowest BCUT2D eigenvalue weighted by molar-refractivity contribution is -0.385. The number of benzene rings is 1. The first-order valence-electron chi connectivity index (χ1n) is 5.29. The first kappa shape index (κ1) is 15.9. The van der Waals surface area contributed by atoms with Gasteiger partial charge in [-0.05, 0) is 12.1 Å². The van der Waals surface area contributed by atoms with Crippen molar-refractivity contribution >= 4 is 39.1 Å². The van der Waals surface area contributed by atoms with Gasteiger partial charge < -0.3 is 10.1 Å². The number of nitrogens with zero attached hydrogens (tertiary/aromatic N) is 1. The fourth-order valence-electron chi connectivity index (χ4n) is 1.44. The minimum absolute atomic E-state index is 0.0699. The van der Waals surface area contributed by atoms with E-state index in [-0.39, 0.29) is 22.3 Å². The van der Waals surface area contributed by atoms with Crippen molar-refractivity contribution in [3.63, 3.8) is 0 Å². The van der Waals surface area contributed by atoms with Gasteiger partial charge in [-0.1, -0.05) is 27.5 Å². The van der Waals surface area contributed by atoms with Crippen molar-refractivity contribution in [1.29, 1.82) is 0 Å². The third-order valence-electron chi connectivity index (χ3n) is 2.29. The number of carbonyl (C=O) groups excluding carboxylic acids is 1. The summed E-state index contributed by atoms with van der Waals surface area (Å²) in [5.74, 6) is -0.560. The largest absolute Gasteiger partial charge is 0.383 e. The molecule has 1 rings (SSSR count). The van der Waals surface area contributed by atoms with E-state index in [1.54, 1.807) is 0 Å². The van der Waals surface area contributed by atoms with Gasteiger partial charge in [-0.15, -0.1) is 0 Å². The zero-order valence-electron chi connectivity index (χ0n) is 10.1. The van der Waals surface area contributed by atoms with Crippen molar-refractivity contribution < 1.29 is 14.5 Å². The predicted molar refractivity (Wildman–Crippen MR) is 75.0 cm³/mol. The van der Waals surface area contributed by atoms with Crippen LogP contribution >= 0.6 is 27.5 Å². The summed E-state index contributed by atoms with van der Waals surface area (Å²) in [5.41, 5.74) is -0.354. The number of nitrogens with one attached hydrogen (secondary N) is 1. The Hall–Kier alpha value is -1.18. The average Bonchev–Trinajstić information content (AvgIpc) is 2.37. The molecule has 0 spiro atoms. The molecule has 1 amide bonds. The van der Waals surface area contributed by atoms with E-state index in [2.05, 4.69) is 21.2 Å². The lowest BCUT2D eigenvalue weighted by Gasteiger charge is -2.15. The summed E-state index contributed by atoms with van der Waals surface area (Å²) < 4.78 is 4.93. The number of alkyl halides is 1. The molecule has 104 valence electrons. The van der Waals surface area contributed by atoms with Gasteiger partial charge in [0.2, 0.25) is 0 Å². The van der Waals surface area contributed by atoms with E-state index < -0.39 is 10.8 Å². The average molecular weight is 352 g/mol. The number of amides is 1. The second-order valence-corrected chi connectivity index (χ2v) is 4.78. The smallest absolute Gasteiger partial charge is 0.282 e. The molecule has 0 saturated carbocycles. The van der Waals surface area contributed by atoms with Gasteiger partial charge in [-0.2, -0.15) is 0 Å². The molecule has 0 bridgehead atoms. The van der Waals surface area contributed by atoms with Crippen molar-refractivity contribution in [2.75, 3.05) is 19.0 Å². The number of hydrogen-bond acceptors (Lipinski definition) is 4. The number of rotatable bonds is 6. The van der Waals surface area contributed by atoms with Gasteiger partial charge in [0, 0.05) is 23.5 Å². The molecule has 1 aromatic carbocycles. The van der Waals surface area contributed by atoms with E-state index in [1.165, 1.54) is 25.3 Å². The third-order valence-corrected chi connectivity index (χ3v) is 3.31. The maximum Gasteiger partial charge on any atom is 0.282 e. The van der Waals surface area contributed by atoms with Gasteiger partial charge >= 0.3 is 0 Å². The molecule has 0 fully saturated rings. The lowest BCUT2D eigenvalue weighted by atomic mass is 10.1. The fourth-order valence-corrected chi connectivity index (χ4v) is 1.96. The van der Waals surface area contributed by atoms with Crippen molar-refractivity contribution in [3.8, 4) is 0 Å². The fraction of sp³-hybridized carbons (Fsp3) is 0.364. The number of halogens is 2. The molecular weight excluding hydrogens is 339 g/mol. The van der Waals surface area contributed by atoms with Crippen LogP contribution in [-0.4, -0.2) is 35.9 Å². The Bertz CT molecular complexity index is 484. The maximum atomic E-state index is 12.0. The molecule has 0 aliphatic carbocycles. The van der Waals surface area contributed by atoms with Crippen LogP contribution in [0.25, 0.3) is 0 Å². The van der Waals surface area contributed by atoms with Crippen LogP contribution in [0.1, 0.15) is 10.4 Å². The number of ether oxygens (including phenoxy) is 1. The molecule has 8 heteroatoms. The van der Waals surface area contributed by atoms with Crippen LogP contribution < -0.4 is 5.32 Å². The van der Waals surface area contributed by atoms with Crippen LogP contribution in [0.15, 0.2) is 18.2 Å².